The monoisotopic (exact) mass is 423 g/mol. The van der Waals surface area contributed by atoms with Crippen LogP contribution in [0.2, 0.25) is 0 Å². The number of fused-ring (bicyclic) bond motifs is 1. The molecule has 2 atom stereocenters. The predicted molar refractivity (Wildman–Crippen MR) is 120 cm³/mol. The van der Waals surface area contributed by atoms with Gasteiger partial charge in [0, 0.05) is 57.4 Å². The van der Waals surface area contributed by atoms with E-state index >= 15 is 0 Å². The van der Waals surface area contributed by atoms with Crippen LogP contribution in [0.4, 0.5) is 0 Å². The number of rotatable bonds is 6. The highest BCUT2D eigenvalue weighted by Gasteiger charge is 2.45. The highest BCUT2D eigenvalue weighted by Crippen LogP contribution is 2.42. The Kier molecular flexibility index (Phi) is 6.58. The van der Waals surface area contributed by atoms with E-state index < -0.39 is 0 Å². The topological polar surface area (TPSA) is 53.1 Å². The molecular weight excluding hydrogens is 390 g/mol. The first-order valence-electron chi connectivity index (χ1n) is 11.3. The maximum Gasteiger partial charge on any atom is 0.335 e. The minimum atomic E-state index is -0.322. The molecule has 6 heteroatoms. The van der Waals surface area contributed by atoms with Crippen LogP contribution in [-0.4, -0.2) is 72.5 Å². The van der Waals surface area contributed by atoms with Gasteiger partial charge in [0.05, 0.1) is 18.6 Å². The lowest BCUT2D eigenvalue weighted by molar-refractivity contribution is -0.139. The molecule has 1 amide bonds. The Labute approximate surface area is 185 Å². The van der Waals surface area contributed by atoms with Gasteiger partial charge in [-0.25, -0.2) is 4.79 Å². The van der Waals surface area contributed by atoms with Gasteiger partial charge in [0.15, 0.2) is 0 Å². The lowest BCUT2D eigenvalue weighted by atomic mass is 9.81. The molecule has 2 aliphatic heterocycles. The zero-order valence-corrected chi connectivity index (χ0v) is 18.8. The molecule has 0 radical (unpaired) electrons. The summed E-state index contributed by atoms with van der Waals surface area (Å²) in [6.45, 7) is 9.77. The van der Waals surface area contributed by atoms with Crippen molar-refractivity contribution < 1.29 is 14.3 Å². The molecule has 1 saturated heterocycles. The average Bonchev–Trinajstić information content (AvgIpc) is 3.19. The van der Waals surface area contributed by atoms with Crippen LogP contribution in [0.1, 0.15) is 25.8 Å². The van der Waals surface area contributed by atoms with Crippen LogP contribution < -0.4 is 0 Å². The van der Waals surface area contributed by atoms with Gasteiger partial charge in [-0.3, -0.25) is 14.6 Å². The van der Waals surface area contributed by atoms with Crippen LogP contribution in [0, 0.1) is 11.8 Å². The molecule has 1 aromatic rings. The number of benzene rings is 1. The molecule has 3 aliphatic rings. The highest BCUT2D eigenvalue weighted by atomic mass is 16.5. The molecule has 1 aromatic carbocycles. The van der Waals surface area contributed by atoms with Crippen LogP contribution in [0.5, 0.6) is 0 Å². The van der Waals surface area contributed by atoms with E-state index in [2.05, 4.69) is 46.2 Å². The number of hydrogen-bond acceptors (Lipinski definition) is 5. The number of hydrogen-bond donors (Lipinski definition) is 0. The van der Waals surface area contributed by atoms with Crippen LogP contribution in [0.25, 0.3) is 0 Å². The summed E-state index contributed by atoms with van der Waals surface area (Å²) in [6, 6.07) is 10.6. The van der Waals surface area contributed by atoms with Gasteiger partial charge in [-0.2, -0.15) is 0 Å². The summed E-state index contributed by atoms with van der Waals surface area (Å²) < 4.78 is 5.02. The number of amides is 1. The Balaban J connectivity index is 1.39. The highest BCUT2D eigenvalue weighted by molar-refractivity contribution is 5.95. The number of nitrogens with zero attached hydrogens (tertiary/aromatic N) is 3. The molecule has 4 rings (SSSR count). The molecular formula is C25H33N3O3. The van der Waals surface area contributed by atoms with E-state index in [0.29, 0.717) is 5.57 Å². The molecule has 1 aliphatic carbocycles. The van der Waals surface area contributed by atoms with Crippen molar-refractivity contribution >= 4 is 11.9 Å². The Bertz CT molecular complexity index is 869. The number of carbonyl (C=O) groups excluding carboxylic acids is 2. The molecule has 0 unspecified atom stereocenters. The van der Waals surface area contributed by atoms with E-state index in [4.69, 9.17) is 4.74 Å². The SMILES string of the molecule is COC(=O)C1=CN(C(C)C)C(=O)[C@@H]2C(CN3CCN(Cc4ccccc4)CC3)=CC[C@H]12. The first kappa shape index (κ1) is 21.8. The smallest absolute Gasteiger partial charge is 0.335 e. The Hall–Kier alpha value is -2.44. The summed E-state index contributed by atoms with van der Waals surface area (Å²) in [5.41, 5.74) is 3.13. The fourth-order valence-electron chi connectivity index (χ4n) is 5.00. The van der Waals surface area contributed by atoms with Gasteiger partial charge in [-0.1, -0.05) is 36.4 Å². The van der Waals surface area contributed by atoms with Crippen molar-refractivity contribution in [3.05, 3.63) is 59.3 Å². The molecule has 0 saturated carbocycles. The number of methoxy groups -OCH3 is 1. The zero-order valence-electron chi connectivity index (χ0n) is 18.8. The summed E-state index contributed by atoms with van der Waals surface area (Å²) in [6.07, 6.45) is 4.63. The van der Waals surface area contributed by atoms with Gasteiger partial charge in [0.25, 0.3) is 0 Å². The van der Waals surface area contributed by atoms with Gasteiger partial charge in [0.1, 0.15) is 0 Å². The third-order valence-electron chi connectivity index (χ3n) is 6.73. The normalized spacial score (nSPS) is 24.8. The molecule has 0 spiro atoms. The minimum absolute atomic E-state index is 0.0106. The Morgan fingerprint density at radius 1 is 1.06 bits per heavy atom. The summed E-state index contributed by atoms with van der Waals surface area (Å²) in [5.74, 6) is -0.551. The summed E-state index contributed by atoms with van der Waals surface area (Å²) in [5, 5.41) is 0. The zero-order chi connectivity index (χ0) is 22.0. The largest absolute Gasteiger partial charge is 0.466 e. The van der Waals surface area contributed by atoms with Gasteiger partial charge >= 0.3 is 5.97 Å². The van der Waals surface area contributed by atoms with Crippen molar-refractivity contribution in [1.82, 2.24) is 14.7 Å². The van der Waals surface area contributed by atoms with E-state index in [-0.39, 0.29) is 29.8 Å². The van der Waals surface area contributed by atoms with Crippen molar-refractivity contribution in [3.63, 3.8) is 0 Å². The van der Waals surface area contributed by atoms with Gasteiger partial charge in [-0.05, 0) is 31.4 Å². The summed E-state index contributed by atoms with van der Waals surface area (Å²) in [7, 11) is 1.41. The summed E-state index contributed by atoms with van der Waals surface area (Å²) in [4.78, 5) is 32.3. The molecule has 166 valence electrons. The number of esters is 1. The lowest BCUT2D eigenvalue weighted by Gasteiger charge is -2.38. The van der Waals surface area contributed by atoms with E-state index in [1.54, 1.807) is 11.1 Å². The minimum Gasteiger partial charge on any atom is -0.466 e. The van der Waals surface area contributed by atoms with Crippen LogP contribution in [0.3, 0.4) is 0 Å². The van der Waals surface area contributed by atoms with Crippen LogP contribution in [-0.2, 0) is 20.9 Å². The van der Waals surface area contributed by atoms with E-state index in [0.717, 1.165) is 51.3 Å². The van der Waals surface area contributed by atoms with E-state index in [1.165, 1.54) is 12.7 Å². The second-order valence-corrected chi connectivity index (χ2v) is 9.05. The summed E-state index contributed by atoms with van der Waals surface area (Å²) >= 11 is 0. The first-order chi connectivity index (χ1) is 15.0. The lowest BCUT2D eigenvalue weighted by Crippen LogP contribution is -2.49. The maximum atomic E-state index is 13.3. The predicted octanol–water partition coefficient (Wildman–Crippen LogP) is 2.67. The second kappa shape index (κ2) is 9.37. The number of carbonyl (C=O) groups is 2. The molecule has 6 nitrogen and oxygen atoms in total. The molecule has 1 fully saturated rings. The van der Waals surface area contributed by atoms with Crippen molar-refractivity contribution in [2.45, 2.75) is 32.9 Å². The molecule has 0 aromatic heterocycles. The standard InChI is InChI=1S/C25H33N3O3/c1-18(2)28-17-22(25(30)31-3)21-10-9-20(23(21)24(28)29)16-27-13-11-26(12-14-27)15-19-7-5-4-6-8-19/h4-9,17-18,21,23H,10-16H2,1-3H3/t21-,23-/m1/s1. The van der Waals surface area contributed by atoms with Crippen LogP contribution >= 0.6 is 0 Å². The fraction of sp³-hybridized carbons (Fsp3) is 0.520. The molecule has 0 bridgehead atoms. The number of piperazine rings is 1. The molecule has 0 N–H and O–H groups in total. The van der Waals surface area contributed by atoms with Crippen molar-refractivity contribution in [2.75, 3.05) is 39.8 Å². The number of allylic oxidation sites excluding steroid dienone is 1. The third-order valence-corrected chi connectivity index (χ3v) is 6.73. The van der Waals surface area contributed by atoms with E-state index in [1.807, 2.05) is 13.8 Å². The van der Waals surface area contributed by atoms with Gasteiger partial charge in [0.2, 0.25) is 5.91 Å². The van der Waals surface area contributed by atoms with Gasteiger partial charge < -0.3 is 9.64 Å². The number of ether oxygens (including phenoxy) is 1. The Morgan fingerprint density at radius 2 is 1.71 bits per heavy atom. The second-order valence-electron chi connectivity index (χ2n) is 9.05. The quantitative estimate of drug-likeness (QED) is 0.520. The third kappa shape index (κ3) is 4.60. The van der Waals surface area contributed by atoms with Gasteiger partial charge in [-0.15, -0.1) is 0 Å². The molecule has 31 heavy (non-hydrogen) atoms. The average molecular weight is 424 g/mol. The van der Waals surface area contributed by atoms with E-state index in [9.17, 15) is 9.59 Å². The van der Waals surface area contributed by atoms with Crippen LogP contribution in [0.15, 0.2) is 53.8 Å². The maximum absolute atomic E-state index is 13.3. The Morgan fingerprint density at radius 3 is 2.32 bits per heavy atom. The first-order valence-corrected chi connectivity index (χ1v) is 11.3. The van der Waals surface area contributed by atoms with Crippen molar-refractivity contribution in [2.24, 2.45) is 11.8 Å². The van der Waals surface area contributed by atoms with Crippen molar-refractivity contribution in [3.8, 4) is 0 Å². The molecule has 2 heterocycles. The fourth-order valence-corrected chi connectivity index (χ4v) is 5.00. The van der Waals surface area contributed by atoms with Crippen molar-refractivity contribution in [1.29, 1.82) is 0 Å².